The molecule has 6 aromatic rings. The van der Waals surface area contributed by atoms with E-state index in [4.69, 9.17) is 4.74 Å². The van der Waals surface area contributed by atoms with Crippen LogP contribution in [0, 0.1) is 0 Å². The van der Waals surface area contributed by atoms with E-state index < -0.39 is 0 Å². The van der Waals surface area contributed by atoms with Crippen molar-refractivity contribution in [3.05, 3.63) is 164 Å². The SMILES string of the molecule is C.C.CCc1ccc(C(=O)OC)cc1.COC(=O)c1ccc(C=Cc2ccc3cc(Br)ccc3c2)cc1.O=Cc1ccc2cc(Br)ccc2c1.[Br-]. The average molecular weight is 879 g/mol. The minimum Gasteiger partial charge on any atom is -1.00 e. The first kappa shape index (κ1) is 44.7. The molecule has 266 valence electrons. The van der Waals surface area contributed by atoms with E-state index in [0.29, 0.717) is 11.1 Å². The largest absolute Gasteiger partial charge is 1.00 e. The highest BCUT2D eigenvalue weighted by molar-refractivity contribution is 9.10. The number of hydrogen-bond donors (Lipinski definition) is 0. The standard InChI is InChI=1S/C20H15BrO2.C11H7BrO.C10H12O2.2CH4.BrH/c1-23-20(22)16-7-4-14(5-8-16)2-3-15-6-9-18-13-19(21)11-10-17(18)12-15;12-11-4-3-9-5-8(7-13)1-2-10(9)6-11;1-3-8-4-6-9(7-5-8)10(11)12-2;;;/h2-13H,1H3;1-7H;4-7H,3H2,1-2H3;2*1H4;1H/p-1. The molecule has 0 aromatic heterocycles. The van der Waals surface area contributed by atoms with Crippen molar-refractivity contribution in [1.82, 2.24) is 0 Å². The van der Waals surface area contributed by atoms with Gasteiger partial charge in [0.15, 0.2) is 0 Å². The number of fused-ring (bicyclic) bond motifs is 2. The van der Waals surface area contributed by atoms with Crippen molar-refractivity contribution in [1.29, 1.82) is 0 Å². The van der Waals surface area contributed by atoms with Crippen LogP contribution in [-0.4, -0.2) is 32.4 Å². The Kier molecular flexibility index (Phi) is 19.7. The second-order valence-corrected chi connectivity index (χ2v) is 12.4. The molecule has 0 bridgehead atoms. The maximum absolute atomic E-state index is 11.4. The topological polar surface area (TPSA) is 69.7 Å². The minimum absolute atomic E-state index is 0. The summed E-state index contributed by atoms with van der Waals surface area (Å²) in [5.74, 6) is -0.598. The van der Waals surface area contributed by atoms with Crippen LogP contribution in [0.5, 0.6) is 0 Å². The number of aldehydes is 1. The van der Waals surface area contributed by atoms with Crippen molar-refractivity contribution in [2.24, 2.45) is 0 Å². The van der Waals surface area contributed by atoms with E-state index in [2.05, 4.69) is 79.9 Å². The smallest absolute Gasteiger partial charge is 0.337 e. The van der Waals surface area contributed by atoms with Gasteiger partial charge in [0.1, 0.15) is 6.29 Å². The molecule has 0 fully saturated rings. The molecular formula is C43H42Br3O5-. The summed E-state index contributed by atoms with van der Waals surface area (Å²) in [7, 11) is 2.77. The summed E-state index contributed by atoms with van der Waals surface area (Å²) < 4.78 is 11.4. The zero-order valence-electron chi connectivity index (χ0n) is 27.2. The quantitative estimate of drug-likeness (QED) is 0.0949. The van der Waals surface area contributed by atoms with Gasteiger partial charge in [0, 0.05) is 14.5 Å². The van der Waals surface area contributed by atoms with Crippen LogP contribution < -0.4 is 17.0 Å². The molecule has 0 N–H and O–H groups in total. The number of aryl methyl sites for hydroxylation is 1. The summed E-state index contributed by atoms with van der Waals surface area (Å²) in [4.78, 5) is 32.9. The predicted molar refractivity (Wildman–Crippen MR) is 216 cm³/mol. The lowest BCUT2D eigenvalue weighted by atomic mass is 10.1. The highest BCUT2D eigenvalue weighted by Gasteiger charge is 2.04. The number of methoxy groups -OCH3 is 2. The van der Waals surface area contributed by atoms with Gasteiger partial charge in [-0.15, -0.1) is 0 Å². The zero-order valence-corrected chi connectivity index (χ0v) is 31.9. The highest BCUT2D eigenvalue weighted by atomic mass is 79.9. The number of rotatable bonds is 6. The Morgan fingerprint density at radius 3 is 1.37 bits per heavy atom. The highest BCUT2D eigenvalue weighted by Crippen LogP contribution is 2.22. The fourth-order valence-electron chi connectivity index (χ4n) is 4.68. The summed E-state index contributed by atoms with van der Waals surface area (Å²) in [5.41, 5.74) is 5.28. The molecule has 0 aliphatic carbocycles. The third-order valence-electron chi connectivity index (χ3n) is 7.37. The second kappa shape index (κ2) is 22.4. The summed E-state index contributed by atoms with van der Waals surface area (Å²) >= 11 is 6.88. The first-order valence-corrected chi connectivity index (χ1v) is 16.7. The summed E-state index contributed by atoms with van der Waals surface area (Å²) in [6, 6.07) is 39.0. The molecule has 51 heavy (non-hydrogen) atoms. The number of carbonyl (C=O) groups excluding carboxylic acids is 3. The lowest BCUT2D eigenvalue weighted by Gasteiger charge is -2.01. The van der Waals surface area contributed by atoms with E-state index in [9.17, 15) is 14.4 Å². The van der Waals surface area contributed by atoms with Crippen LogP contribution >= 0.6 is 31.9 Å². The van der Waals surface area contributed by atoms with Crippen LogP contribution in [0.15, 0.2) is 130 Å². The Morgan fingerprint density at radius 2 is 0.922 bits per heavy atom. The molecule has 0 aliphatic rings. The maximum atomic E-state index is 11.4. The van der Waals surface area contributed by atoms with Crippen LogP contribution in [-0.2, 0) is 15.9 Å². The third kappa shape index (κ3) is 13.4. The van der Waals surface area contributed by atoms with Gasteiger partial charge in [-0.1, -0.05) is 126 Å². The van der Waals surface area contributed by atoms with Gasteiger partial charge in [0.05, 0.1) is 25.3 Å². The lowest BCUT2D eigenvalue weighted by Crippen LogP contribution is -3.00. The van der Waals surface area contributed by atoms with Crippen LogP contribution in [0.25, 0.3) is 33.7 Å². The van der Waals surface area contributed by atoms with Gasteiger partial charge in [-0.05, 0) is 105 Å². The molecule has 0 saturated carbocycles. The molecule has 8 heteroatoms. The predicted octanol–water partition coefficient (Wildman–Crippen LogP) is 9.29. The third-order valence-corrected chi connectivity index (χ3v) is 8.36. The van der Waals surface area contributed by atoms with E-state index in [1.807, 2.05) is 72.8 Å². The van der Waals surface area contributed by atoms with Crippen LogP contribution in [0.4, 0.5) is 0 Å². The molecule has 6 aromatic carbocycles. The van der Waals surface area contributed by atoms with Gasteiger partial charge in [-0.2, -0.15) is 0 Å². The van der Waals surface area contributed by atoms with E-state index >= 15 is 0 Å². The Labute approximate surface area is 328 Å². The van der Waals surface area contributed by atoms with Gasteiger partial charge in [0.2, 0.25) is 0 Å². The summed E-state index contributed by atoms with van der Waals surface area (Å²) in [6.45, 7) is 2.08. The molecule has 0 saturated heterocycles. The molecular weight excluding hydrogens is 836 g/mol. The van der Waals surface area contributed by atoms with Gasteiger partial charge in [-0.3, -0.25) is 4.79 Å². The van der Waals surface area contributed by atoms with Crippen molar-refractivity contribution >= 4 is 83.8 Å². The van der Waals surface area contributed by atoms with Crippen molar-refractivity contribution in [3.63, 3.8) is 0 Å². The summed E-state index contributed by atoms with van der Waals surface area (Å²) in [6.07, 6.45) is 5.94. The van der Waals surface area contributed by atoms with E-state index in [1.165, 1.54) is 30.6 Å². The van der Waals surface area contributed by atoms with Crippen molar-refractivity contribution < 1.29 is 40.8 Å². The Hall–Kier alpha value is -4.37. The second-order valence-electron chi connectivity index (χ2n) is 10.6. The molecule has 0 radical (unpaired) electrons. The number of hydrogen-bond acceptors (Lipinski definition) is 5. The molecule has 5 nitrogen and oxygen atoms in total. The van der Waals surface area contributed by atoms with E-state index in [0.717, 1.165) is 49.1 Å². The first-order chi connectivity index (χ1) is 23.2. The first-order valence-electron chi connectivity index (χ1n) is 15.1. The Balaban J connectivity index is 0.000000400. The Bertz CT molecular complexity index is 2050. The van der Waals surface area contributed by atoms with E-state index in [-0.39, 0.29) is 43.8 Å². The fraction of sp³-hybridized carbons (Fsp3) is 0.140. The van der Waals surface area contributed by atoms with E-state index in [1.54, 1.807) is 24.3 Å². The molecule has 0 aliphatic heterocycles. The number of benzene rings is 6. The van der Waals surface area contributed by atoms with Crippen molar-refractivity contribution in [2.75, 3.05) is 14.2 Å². The van der Waals surface area contributed by atoms with Gasteiger partial charge < -0.3 is 26.5 Å². The van der Waals surface area contributed by atoms with Crippen LogP contribution in [0.3, 0.4) is 0 Å². The zero-order chi connectivity index (χ0) is 34.5. The molecule has 0 amide bonds. The molecule has 0 unspecified atom stereocenters. The lowest BCUT2D eigenvalue weighted by molar-refractivity contribution is -0.0000444. The fourth-order valence-corrected chi connectivity index (χ4v) is 5.44. The minimum atomic E-state index is -0.318. The number of ether oxygens (including phenoxy) is 2. The Morgan fingerprint density at radius 1 is 0.549 bits per heavy atom. The number of carbonyl (C=O) groups is 3. The summed E-state index contributed by atoms with van der Waals surface area (Å²) in [5, 5.41) is 4.64. The molecule has 0 atom stereocenters. The van der Waals surface area contributed by atoms with Gasteiger partial charge >= 0.3 is 11.9 Å². The van der Waals surface area contributed by atoms with Crippen LogP contribution in [0.2, 0.25) is 0 Å². The van der Waals surface area contributed by atoms with Crippen molar-refractivity contribution in [2.45, 2.75) is 28.2 Å². The average Bonchev–Trinajstić information content (AvgIpc) is 3.13. The van der Waals surface area contributed by atoms with Crippen molar-refractivity contribution in [3.8, 4) is 0 Å². The molecule has 0 spiro atoms. The van der Waals surface area contributed by atoms with Crippen LogP contribution in [0.1, 0.15) is 69.5 Å². The normalized spacial score (nSPS) is 9.82. The number of esters is 2. The monoisotopic (exact) mass is 875 g/mol. The van der Waals surface area contributed by atoms with Gasteiger partial charge in [0.25, 0.3) is 0 Å². The number of halogens is 3. The maximum Gasteiger partial charge on any atom is 0.337 e. The molecule has 0 heterocycles. The molecule has 6 rings (SSSR count). The van der Waals surface area contributed by atoms with Gasteiger partial charge in [-0.25, -0.2) is 9.59 Å².